The summed E-state index contributed by atoms with van der Waals surface area (Å²) in [5, 5.41) is 0. The summed E-state index contributed by atoms with van der Waals surface area (Å²) in [7, 11) is 0. The highest BCUT2D eigenvalue weighted by molar-refractivity contribution is 5.83. The number of nitrogens with one attached hydrogen (secondary N) is 1. The van der Waals surface area contributed by atoms with Gasteiger partial charge in [-0.15, -0.1) is 0 Å². The standard InChI is InChI=1S/C26H27N3O3/c1-16-4-3-5-19(27-16)23-22(18-6-7-20-21(14-18)32-15-31-20)28-24(29-23)26-11-8-25(9-12-26,10-13-26)17(2)30/h3-7,14H,8-13,15H2,1-2H3,(H,28,29). The van der Waals surface area contributed by atoms with E-state index in [9.17, 15) is 4.79 Å². The minimum absolute atomic E-state index is 0.00433. The van der Waals surface area contributed by atoms with Gasteiger partial charge in [0, 0.05) is 22.1 Å². The third-order valence-electron chi connectivity index (χ3n) is 7.99. The molecule has 3 aromatic rings. The summed E-state index contributed by atoms with van der Waals surface area (Å²) in [4.78, 5) is 26.0. The summed E-state index contributed by atoms with van der Waals surface area (Å²) in [6, 6.07) is 12.0. The maximum Gasteiger partial charge on any atom is 0.231 e. The smallest absolute Gasteiger partial charge is 0.231 e. The lowest BCUT2D eigenvalue weighted by molar-refractivity contribution is -0.133. The number of fused-ring (bicyclic) bond motifs is 4. The van der Waals surface area contributed by atoms with Gasteiger partial charge in [-0.05, 0) is 82.7 Å². The highest BCUT2D eigenvalue weighted by atomic mass is 16.7. The van der Waals surface area contributed by atoms with E-state index in [4.69, 9.17) is 19.4 Å². The zero-order chi connectivity index (χ0) is 21.9. The first-order valence-electron chi connectivity index (χ1n) is 11.4. The lowest BCUT2D eigenvalue weighted by Crippen LogP contribution is -2.47. The fourth-order valence-corrected chi connectivity index (χ4v) is 5.81. The van der Waals surface area contributed by atoms with Gasteiger partial charge in [-0.25, -0.2) is 4.98 Å². The maximum atomic E-state index is 12.3. The van der Waals surface area contributed by atoms with E-state index < -0.39 is 0 Å². The second-order valence-electron chi connectivity index (χ2n) is 9.66. The van der Waals surface area contributed by atoms with Gasteiger partial charge >= 0.3 is 0 Å². The molecule has 6 nitrogen and oxygen atoms in total. The first-order chi connectivity index (χ1) is 15.5. The van der Waals surface area contributed by atoms with Crippen molar-refractivity contribution in [2.45, 2.75) is 57.8 Å². The number of carbonyl (C=O) groups excluding carboxylic acids is 1. The van der Waals surface area contributed by atoms with E-state index in [2.05, 4.69) is 4.98 Å². The molecule has 6 heteroatoms. The molecule has 0 saturated heterocycles. The van der Waals surface area contributed by atoms with Crippen molar-refractivity contribution in [3.8, 4) is 34.1 Å². The van der Waals surface area contributed by atoms with Crippen LogP contribution in [0.1, 0.15) is 57.0 Å². The highest BCUT2D eigenvalue weighted by Crippen LogP contribution is 2.58. The Morgan fingerprint density at radius 3 is 2.44 bits per heavy atom. The molecule has 2 aromatic heterocycles. The largest absolute Gasteiger partial charge is 0.454 e. The summed E-state index contributed by atoms with van der Waals surface area (Å²) in [6.45, 7) is 4.02. The molecule has 0 atom stereocenters. The van der Waals surface area contributed by atoms with Gasteiger partial charge < -0.3 is 14.5 Å². The Morgan fingerprint density at radius 2 is 1.72 bits per heavy atom. The number of benzene rings is 1. The second-order valence-corrected chi connectivity index (χ2v) is 9.66. The molecule has 3 fully saturated rings. The molecule has 4 aliphatic rings. The predicted octanol–water partition coefficient (Wildman–Crippen LogP) is 5.36. The third-order valence-corrected chi connectivity index (χ3v) is 7.99. The van der Waals surface area contributed by atoms with Crippen LogP contribution < -0.4 is 9.47 Å². The Hall–Kier alpha value is -3.15. The van der Waals surface area contributed by atoms with Crippen LogP contribution in [0, 0.1) is 12.3 Å². The number of aryl methyl sites for hydroxylation is 1. The zero-order valence-corrected chi connectivity index (χ0v) is 18.5. The number of hydrogen-bond donors (Lipinski definition) is 1. The molecule has 7 rings (SSSR count). The van der Waals surface area contributed by atoms with Gasteiger partial charge in [0.25, 0.3) is 0 Å². The molecule has 0 unspecified atom stereocenters. The average Bonchev–Trinajstić information content (AvgIpc) is 3.47. The molecule has 0 amide bonds. The number of rotatable bonds is 4. The molecule has 1 aliphatic heterocycles. The van der Waals surface area contributed by atoms with Gasteiger partial charge in [-0.3, -0.25) is 9.78 Å². The van der Waals surface area contributed by atoms with Crippen LogP contribution in [0.2, 0.25) is 0 Å². The number of nitrogens with zero attached hydrogens (tertiary/aromatic N) is 2. The number of aromatic nitrogens is 3. The van der Waals surface area contributed by atoms with E-state index in [1.54, 1.807) is 6.92 Å². The molecule has 1 aromatic carbocycles. The monoisotopic (exact) mass is 429 g/mol. The van der Waals surface area contributed by atoms with Crippen molar-refractivity contribution in [1.29, 1.82) is 0 Å². The molecular weight excluding hydrogens is 402 g/mol. The summed E-state index contributed by atoms with van der Waals surface area (Å²) in [5.74, 6) is 2.89. The molecule has 164 valence electrons. The van der Waals surface area contributed by atoms with Gasteiger partial charge in [0.05, 0.1) is 17.1 Å². The van der Waals surface area contributed by atoms with Crippen LogP contribution in [0.25, 0.3) is 22.6 Å². The summed E-state index contributed by atoms with van der Waals surface area (Å²) in [6.07, 6.45) is 5.88. The second kappa shape index (κ2) is 6.92. The SMILES string of the molecule is CC(=O)C12CCC(c3nc(-c4ccc5c(c4)OCO5)c(-c4cccc(C)n4)[nH]3)(CC1)CC2. The molecule has 32 heavy (non-hydrogen) atoms. The average molecular weight is 430 g/mol. The maximum absolute atomic E-state index is 12.3. The van der Waals surface area contributed by atoms with Crippen LogP contribution in [0.15, 0.2) is 36.4 Å². The minimum atomic E-state index is -0.102. The topological polar surface area (TPSA) is 77.1 Å². The minimum Gasteiger partial charge on any atom is -0.454 e. The Bertz CT molecular complexity index is 1200. The zero-order valence-electron chi connectivity index (χ0n) is 18.5. The van der Waals surface area contributed by atoms with Crippen LogP contribution in [0.3, 0.4) is 0 Å². The van der Waals surface area contributed by atoms with Crippen molar-refractivity contribution in [3.05, 3.63) is 47.9 Å². The Balaban J connectivity index is 1.46. The van der Waals surface area contributed by atoms with Crippen LogP contribution in [-0.4, -0.2) is 27.5 Å². The Kier molecular flexibility index (Phi) is 4.23. The highest BCUT2D eigenvalue weighted by Gasteiger charge is 2.53. The predicted molar refractivity (Wildman–Crippen MR) is 121 cm³/mol. The number of Topliss-reactive ketones (excluding diaryl/α,β-unsaturated/α-hetero) is 1. The van der Waals surface area contributed by atoms with Crippen LogP contribution >= 0.6 is 0 Å². The molecule has 3 aliphatic carbocycles. The molecule has 3 saturated carbocycles. The van der Waals surface area contributed by atoms with Crippen molar-refractivity contribution < 1.29 is 14.3 Å². The number of hydrogen-bond acceptors (Lipinski definition) is 5. The number of ketones is 1. The number of ether oxygens (including phenoxy) is 2. The summed E-state index contributed by atoms with van der Waals surface area (Å²) in [5.41, 5.74) is 4.56. The summed E-state index contributed by atoms with van der Waals surface area (Å²) >= 11 is 0. The third kappa shape index (κ3) is 2.89. The van der Waals surface area contributed by atoms with Gasteiger partial charge in [-0.1, -0.05) is 6.07 Å². The van der Waals surface area contributed by atoms with E-state index in [1.807, 2.05) is 43.3 Å². The fraction of sp³-hybridized carbons (Fsp3) is 0.423. The van der Waals surface area contributed by atoms with Crippen LogP contribution in [0.4, 0.5) is 0 Å². The van der Waals surface area contributed by atoms with E-state index in [0.717, 1.165) is 84.2 Å². The Morgan fingerprint density at radius 1 is 0.969 bits per heavy atom. The van der Waals surface area contributed by atoms with E-state index in [1.165, 1.54) is 0 Å². The van der Waals surface area contributed by atoms with E-state index in [0.29, 0.717) is 5.78 Å². The lowest BCUT2D eigenvalue weighted by Gasteiger charge is -2.51. The van der Waals surface area contributed by atoms with E-state index >= 15 is 0 Å². The fourth-order valence-electron chi connectivity index (χ4n) is 5.81. The van der Waals surface area contributed by atoms with Gasteiger partial charge in [0.15, 0.2) is 11.5 Å². The van der Waals surface area contributed by atoms with Gasteiger partial charge in [0.1, 0.15) is 11.6 Å². The molecule has 0 radical (unpaired) electrons. The first kappa shape index (κ1) is 19.5. The van der Waals surface area contributed by atoms with E-state index in [-0.39, 0.29) is 17.6 Å². The number of carbonyl (C=O) groups is 1. The van der Waals surface area contributed by atoms with Crippen molar-refractivity contribution >= 4 is 5.78 Å². The van der Waals surface area contributed by atoms with Gasteiger partial charge in [0.2, 0.25) is 6.79 Å². The van der Waals surface area contributed by atoms with Crippen molar-refractivity contribution in [2.24, 2.45) is 5.41 Å². The lowest BCUT2D eigenvalue weighted by atomic mass is 9.52. The molecule has 0 spiro atoms. The number of H-pyrrole nitrogens is 1. The number of aromatic amines is 1. The summed E-state index contributed by atoms with van der Waals surface area (Å²) < 4.78 is 11.1. The Labute approximate surface area is 187 Å². The normalized spacial score (nSPS) is 25.8. The van der Waals surface area contributed by atoms with Gasteiger partial charge in [-0.2, -0.15) is 0 Å². The van der Waals surface area contributed by atoms with Crippen molar-refractivity contribution in [1.82, 2.24) is 15.0 Å². The van der Waals surface area contributed by atoms with Crippen LogP contribution in [0.5, 0.6) is 11.5 Å². The molecule has 1 N–H and O–H groups in total. The first-order valence-corrected chi connectivity index (χ1v) is 11.4. The number of imidazole rings is 1. The quantitative estimate of drug-likeness (QED) is 0.604. The number of pyridine rings is 1. The molecule has 3 heterocycles. The van der Waals surface area contributed by atoms with Crippen molar-refractivity contribution in [3.63, 3.8) is 0 Å². The molecule has 2 bridgehead atoms. The van der Waals surface area contributed by atoms with Crippen molar-refractivity contribution in [2.75, 3.05) is 6.79 Å². The van der Waals surface area contributed by atoms with Crippen LogP contribution in [-0.2, 0) is 10.2 Å². The molecular formula is C26H27N3O3.